The van der Waals surface area contributed by atoms with Crippen LogP contribution >= 0.6 is 15.9 Å². The maximum absolute atomic E-state index is 12.4. The fraction of sp³-hybridized carbons (Fsp3) is 0.429. The molecule has 5 heteroatoms. The molecule has 1 heterocycles. The summed E-state index contributed by atoms with van der Waals surface area (Å²) in [5.74, 6) is -0.468. The lowest BCUT2D eigenvalue weighted by Crippen LogP contribution is -2.45. The van der Waals surface area contributed by atoms with Gasteiger partial charge in [-0.3, -0.25) is 4.79 Å². The van der Waals surface area contributed by atoms with E-state index in [-0.39, 0.29) is 17.8 Å². The maximum atomic E-state index is 12.4. The van der Waals surface area contributed by atoms with Crippen LogP contribution in [-0.4, -0.2) is 29.9 Å². The number of carbonyl (C=O) groups is 2. The van der Waals surface area contributed by atoms with Crippen LogP contribution in [0.25, 0.3) is 0 Å². The second-order valence-corrected chi connectivity index (χ2v) is 5.86. The molecule has 4 nitrogen and oxygen atoms in total. The maximum Gasteiger partial charge on any atom is 0.328 e. The minimum Gasteiger partial charge on any atom is -0.467 e. The molecule has 1 aromatic rings. The van der Waals surface area contributed by atoms with Crippen molar-refractivity contribution in [2.24, 2.45) is 5.92 Å². The summed E-state index contributed by atoms with van der Waals surface area (Å²) in [6, 6.07) is 5.07. The molecule has 0 saturated carbocycles. The number of hydrogen-bond donors (Lipinski definition) is 0. The Hall–Kier alpha value is -1.36. The van der Waals surface area contributed by atoms with Gasteiger partial charge in [0.05, 0.1) is 7.11 Å². The summed E-state index contributed by atoms with van der Waals surface area (Å²) in [7, 11) is 1.35. The Morgan fingerprint density at radius 1 is 1.42 bits per heavy atom. The van der Waals surface area contributed by atoms with Crippen LogP contribution in [0.4, 0.5) is 0 Å². The Balaban J connectivity index is 2.34. The van der Waals surface area contributed by atoms with Crippen molar-refractivity contribution < 1.29 is 14.3 Å². The van der Waals surface area contributed by atoms with Crippen molar-refractivity contribution in [3.05, 3.63) is 33.8 Å². The predicted octanol–water partition coefficient (Wildman–Crippen LogP) is 2.60. The number of carbonyl (C=O) groups excluding carboxylic acids is 2. The number of nitrogens with zero attached hydrogens (tertiary/aromatic N) is 1. The van der Waals surface area contributed by atoms with Gasteiger partial charge in [-0.2, -0.15) is 0 Å². The van der Waals surface area contributed by atoms with Gasteiger partial charge in [0, 0.05) is 16.6 Å². The van der Waals surface area contributed by atoms with Crippen LogP contribution in [0.5, 0.6) is 0 Å². The van der Waals surface area contributed by atoms with Gasteiger partial charge in [-0.05, 0) is 23.6 Å². The molecule has 0 unspecified atom stereocenters. The van der Waals surface area contributed by atoms with Gasteiger partial charge in [0.2, 0.25) is 0 Å². The van der Waals surface area contributed by atoms with Gasteiger partial charge in [0.1, 0.15) is 6.04 Å². The molecule has 1 amide bonds. The highest BCUT2D eigenvalue weighted by atomic mass is 79.9. The summed E-state index contributed by atoms with van der Waals surface area (Å²) < 4.78 is 5.68. The Bertz CT molecular complexity index is 527. The molecule has 19 heavy (non-hydrogen) atoms. The van der Waals surface area contributed by atoms with Crippen LogP contribution < -0.4 is 0 Å². The smallest absolute Gasteiger partial charge is 0.328 e. The van der Waals surface area contributed by atoms with Crippen LogP contribution in [0.2, 0.25) is 0 Å². The van der Waals surface area contributed by atoms with E-state index in [1.165, 1.54) is 7.11 Å². The molecule has 1 aliphatic heterocycles. The minimum atomic E-state index is -0.538. The number of benzene rings is 1. The molecule has 2 rings (SSSR count). The van der Waals surface area contributed by atoms with Crippen LogP contribution in [-0.2, 0) is 16.1 Å². The number of methoxy groups -OCH3 is 1. The zero-order valence-electron chi connectivity index (χ0n) is 11.1. The van der Waals surface area contributed by atoms with Crippen LogP contribution in [0.1, 0.15) is 29.8 Å². The standard InChI is InChI=1S/C14H16BrNO3/c1-8(2)12(14(18)19-3)16-7-9-4-5-10(15)6-11(9)13(16)17/h4-6,8,12H,7H2,1-3H3/t12-/m1/s1. The Kier molecular flexibility index (Phi) is 3.94. The van der Waals surface area contributed by atoms with E-state index in [1.807, 2.05) is 26.0 Å². The number of fused-ring (bicyclic) bond motifs is 1. The second-order valence-electron chi connectivity index (χ2n) is 4.95. The third-order valence-corrected chi connectivity index (χ3v) is 3.81. The first-order valence-corrected chi connectivity index (χ1v) is 6.92. The van der Waals surface area contributed by atoms with Crippen LogP contribution in [0, 0.1) is 5.92 Å². The zero-order valence-corrected chi connectivity index (χ0v) is 12.7. The third-order valence-electron chi connectivity index (χ3n) is 3.31. The number of amides is 1. The fourth-order valence-electron chi connectivity index (χ4n) is 2.40. The summed E-state index contributed by atoms with van der Waals surface area (Å²) in [5, 5.41) is 0. The fourth-order valence-corrected chi connectivity index (χ4v) is 2.76. The van der Waals surface area contributed by atoms with Gasteiger partial charge in [0.15, 0.2) is 0 Å². The van der Waals surface area contributed by atoms with Gasteiger partial charge < -0.3 is 9.64 Å². The molecular formula is C14H16BrNO3. The monoisotopic (exact) mass is 325 g/mol. The van der Waals surface area contributed by atoms with Crippen molar-refractivity contribution in [3.63, 3.8) is 0 Å². The minimum absolute atomic E-state index is 0.00847. The molecule has 0 spiro atoms. The molecule has 0 aliphatic carbocycles. The van der Waals surface area contributed by atoms with E-state index in [1.54, 1.807) is 11.0 Å². The summed E-state index contributed by atoms with van der Waals surface area (Å²) in [5.41, 5.74) is 1.60. The van der Waals surface area contributed by atoms with Gasteiger partial charge in [-0.25, -0.2) is 4.79 Å². The highest BCUT2D eigenvalue weighted by molar-refractivity contribution is 9.10. The molecule has 102 valence electrons. The highest BCUT2D eigenvalue weighted by Gasteiger charge is 2.38. The molecule has 0 radical (unpaired) electrons. The van der Waals surface area contributed by atoms with Gasteiger partial charge in [0.25, 0.3) is 5.91 Å². The molecule has 0 saturated heterocycles. The van der Waals surface area contributed by atoms with Crippen molar-refractivity contribution in [1.29, 1.82) is 0 Å². The highest BCUT2D eigenvalue weighted by Crippen LogP contribution is 2.29. The lowest BCUT2D eigenvalue weighted by molar-refractivity contribution is -0.147. The van der Waals surface area contributed by atoms with E-state index in [4.69, 9.17) is 4.74 Å². The Labute approximate surface area is 120 Å². The van der Waals surface area contributed by atoms with E-state index < -0.39 is 6.04 Å². The summed E-state index contributed by atoms with van der Waals surface area (Å²) in [4.78, 5) is 25.9. The Morgan fingerprint density at radius 3 is 2.68 bits per heavy atom. The zero-order chi connectivity index (χ0) is 14.2. The SMILES string of the molecule is COC(=O)[C@@H](C(C)C)N1Cc2ccc(Br)cc2C1=O. The van der Waals surface area contributed by atoms with Crippen LogP contribution in [0.3, 0.4) is 0 Å². The summed E-state index contributed by atoms with van der Waals surface area (Å²) in [6.45, 7) is 4.28. The second kappa shape index (κ2) is 5.33. The number of esters is 1. The van der Waals surface area contributed by atoms with E-state index in [0.29, 0.717) is 12.1 Å². The summed E-state index contributed by atoms with van der Waals surface area (Å²) in [6.07, 6.45) is 0. The van der Waals surface area contributed by atoms with Gasteiger partial charge in [-0.15, -0.1) is 0 Å². The molecule has 0 fully saturated rings. The first-order chi connectivity index (χ1) is 8.95. The molecule has 0 N–H and O–H groups in total. The lowest BCUT2D eigenvalue weighted by Gasteiger charge is -2.28. The van der Waals surface area contributed by atoms with Crippen molar-refractivity contribution in [3.8, 4) is 0 Å². The van der Waals surface area contributed by atoms with E-state index >= 15 is 0 Å². The molecular weight excluding hydrogens is 310 g/mol. The van der Waals surface area contributed by atoms with E-state index in [0.717, 1.165) is 10.0 Å². The van der Waals surface area contributed by atoms with E-state index in [9.17, 15) is 9.59 Å². The Morgan fingerprint density at radius 2 is 2.11 bits per heavy atom. The third kappa shape index (κ3) is 2.52. The number of ether oxygens (including phenoxy) is 1. The average molecular weight is 326 g/mol. The molecule has 1 atom stereocenters. The quantitative estimate of drug-likeness (QED) is 0.802. The summed E-state index contributed by atoms with van der Waals surface area (Å²) >= 11 is 3.36. The van der Waals surface area contributed by atoms with E-state index in [2.05, 4.69) is 15.9 Å². The molecule has 1 aliphatic rings. The normalized spacial score (nSPS) is 15.6. The van der Waals surface area contributed by atoms with Crippen molar-refractivity contribution in [2.45, 2.75) is 26.4 Å². The molecule has 0 aromatic heterocycles. The number of hydrogen-bond acceptors (Lipinski definition) is 3. The predicted molar refractivity (Wildman–Crippen MR) is 74.7 cm³/mol. The number of rotatable bonds is 3. The lowest BCUT2D eigenvalue weighted by atomic mass is 10.0. The first-order valence-electron chi connectivity index (χ1n) is 6.13. The topological polar surface area (TPSA) is 46.6 Å². The van der Waals surface area contributed by atoms with Crippen molar-refractivity contribution in [1.82, 2.24) is 4.90 Å². The largest absolute Gasteiger partial charge is 0.467 e. The van der Waals surface area contributed by atoms with Crippen LogP contribution in [0.15, 0.2) is 22.7 Å². The van der Waals surface area contributed by atoms with Crippen molar-refractivity contribution >= 4 is 27.8 Å². The number of halogens is 1. The van der Waals surface area contributed by atoms with Gasteiger partial charge >= 0.3 is 5.97 Å². The van der Waals surface area contributed by atoms with Crippen molar-refractivity contribution in [2.75, 3.05) is 7.11 Å². The van der Waals surface area contributed by atoms with Gasteiger partial charge in [-0.1, -0.05) is 35.8 Å². The molecule has 0 bridgehead atoms. The molecule has 1 aromatic carbocycles. The average Bonchev–Trinajstić information content (AvgIpc) is 2.67. The first kappa shape index (κ1) is 14.1.